The Morgan fingerprint density at radius 2 is 2.07 bits per heavy atom. The molecule has 0 bridgehead atoms. The molecular formula is C11H15ClO2. The second-order valence-electron chi connectivity index (χ2n) is 3.23. The van der Waals surface area contributed by atoms with Gasteiger partial charge in [-0.05, 0) is 32.0 Å². The van der Waals surface area contributed by atoms with Crippen LogP contribution in [-0.4, -0.2) is 19.3 Å². The van der Waals surface area contributed by atoms with E-state index in [1.54, 1.807) is 6.07 Å². The average Bonchev–Trinajstić information content (AvgIpc) is 2.12. The molecular weight excluding hydrogens is 200 g/mol. The summed E-state index contributed by atoms with van der Waals surface area (Å²) >= 11 is 5.80. The Morgan fingerprint density at radius 3 is 2.71 bits per heavy atom. The zero-order valence-electron chi connectivity index (χ0n) is 8.50. The van der Waals surface area contributed by atoms with Crippen LogP contribution in [-0.2, 0) is 4.74 Å². The third-order valence-corrected chi connectivity index (χ3v) is 1.83. The molecule has 0 amide bonds. The summed E-state index contributed by atoms with van der Waals surface area (Å²) in [5, 5.41) is 0.687. The molecule has 0 atom stereocenters. The fraction of sp³-hybridized carbons (Fsp3) is 0.455. The van der Waals surface area contributed by atoms with E-state index >= 15 is 0 Å². The van der Waals surface area contributed by atoms with Gasteiger partial charge in [0.05, 0.1) is 12.7 Å². The SMILES string of the molecule is CC(C)OCCOc1cccc(Cl)c1. The molecule has 0 aromatic heterocycles. The molecule has 2 nitrogen and oxygen atoms in total. The molecule has 0 saturated carbocycles. The van der Waals surface area contributed by atoms with Crippen molar-refractivity contribution in [1.82, 2.24) is 0 Å². The minimum atomic E-state index is 0.248. The van der Waals surface area contributed by atoms with Crippen LogP contribution in [0.15, 0.2) is 24.3 Å². The molecule has 78 valence electrons. The van der Waals surface area contributed by atoms with Crippen LogP contribution < -0.4 is 4.74 Å². The van der Waals surface area contributed by atoms with E-state index in [2.05, 4.69) is 0 Å². The summed E-state index contributed by atoms with van der Waals surface area (Å²) in [7, 11) is 0. The third-order valence-electron chi connectivity index (χ3n) is 1.60. The Kier molecular flexibility index (Phi) is 4.77. The number of hydrogen-bond donors (Lipinski definition) is 0. The van der Waals surface area contributed by atoms with Crippen LogP contribution in [0.5, 0.6) is 5.75 Å². The molecule has 1 rings (SSSR count). The maximum Gasteiger partial charge on any atom is 0.120 e. The zero-order valence-corrected chi connectivity index (χ0v) is 9.25. The smallest absolute Gasteiger partial charge is 0.120 e. The summed E-state index contributed by atoms with van der Waals surface area (Å²) < 4.78 is 10.8. The molecule has 0 fully saturated rings. The van der Waals surface area contributed by atoms with E-state index in [0.29, 0.717) is 18.2 Å². The van der Waals surface area contributed by atoms with Gasteiger partial charge in [0.15, 0.2) is 0 Å². The van der Waals surface area contributed by atoms with Crippen LogP contribution >= 0.6 is 11.6 Å². The Morgan fingerprint density at radius 1 is 1.29 bits per heavy atom. The molecule has 0 aliphatic rings. The minimum Gasteiger partial charge on any atom is -0.491 e. The second-order valence-corrected chi connectivity index (χ2v) is 3.66. The molecule has 0 saturated heterocycles. The molecule has 0 radical (unpaired) electrons. The zero-order chi connectivity index (χ0) is 10.4. The van der Waals surface area contributed by atoms with E-state index < -0.39 is 0 Å². The number of rotatable bonds is 5. The number of halogens is 1. The molecule has 0 aliphatic heterocycles. The Balaban J connectivity index is 2.25. The highest BCUT2D eigenvalue weighted by Crippen LogP contribution is 2.16. The van der Waals surface area contributed by atoms with Crippen molar-refractivity contribution in [2.24, 2.45) is 0 Å². The van der Waals surface area contributed by atoms with Crippen LogP contribution in [0.2, 0.25) is 5.02 Å². The predicted octanol–water partition coefficient (Wildman–Crippen LogP) is 3.14. The fourth-order valence-corrected chi connectivity index (χ4v) is 1.18. The predicted molar refractivity (Wildman–Crippen MR) is 58.0 cm³/mol. The van der Waals surface area contributed by atoms with E-state index in [9.17, 15) is 0 Å². The van der Waals surface area contributed by atoms with Crippen molar-refractivity contribution in [1.29, 1.82) is 0 Å². The molecule has 0 aliphatic carbocycles. The van der Waals surface area contributed by atoms with Crippen molar-refractivity contribution >= 4 is 11.6 Å². The first-order chi connectivity index (χ1) is 6.68. The quantitative estimate of drug-likeness (QED) is 0.702. The highest BCUT2D eigenvalue weighted by atomic mass is 35.5. The largest absolute Gasteiger partial charge is 0.491 e. The van der Waals surface area contributed by atoms with Gasteiger partial charge in [-0.15, -0.1) is 0 Å². The standard InChI is InChI=1S/C11H15ClO2/c1-9(2)13-6-7-14-11-5-3-4-10(12)8-11/h3-5,8-9H,6-7H2,1-2H3. The minimum absolute atomic E-state index is 0.248. The maximum absolute atomic E-state index is 5.80. The topological polar surface area (TPSA) is 18.5 Å². The molecule has 0 unspecified atom stereocenters. The van der Waals surface area contributed by atoms with Crippen molar-refractivity contribution in [2.45, 2.75) is 20.0 Å². The average molecular weight is 215 g/mol. The normalized spacial score (nSPS) is 10.6. The van der Waals surface area contributed by atoms with E-state index in [4.69, 9.17) is 21.1 Å². The third kappa shape index (κ3) is 4.49. The van der Waals surface area contributed by atoms with Crippen molar-refractivity contribution in [2.75, 3.05) is 13.2 Å². The van der Waals surface area contributed by atoms with E-state index in [1.165, 1.54) is 0 Å². The number of ether oxygens (including phenoxy) is 2. The lowest BCUT2D eigenvalue weighted by atomic mass is 10.3. The van der Waals surface area contributed by atoms with Crippen molar-refractivity contribution in [3.05, 3.63) is 29.3 Å². The van der Waals surface area contributed by atoms with Crippen molar-refractivity contribution < 1.29 is 9.47 Å². The van der Waals surface area contributed by atoms with Crippen molar-refractivity contribution in [3.63, 3.8) is 0 Å². The van der Waals surface area contributed by atoms with Gasteiger partial charge in [-0.3, -0.25) is 0 Å². The number of hydrogen-bond acceptors (Lipinski definition) is 2. The highest BCUT2D eigenvalue weighted by molar-refractivity contribution is 6.30. The van der Waals surface area contributed by atoms with Crippen LogP contribution in [0.25, 0.3) is 0 Å². The first-order valence-corrected chi connectivity index (χ1v) is 5.06. The van der Waals surface area contributed by atoms with Crippen LogP contribution in [0.1, 0.15) is 13.8 Å². The van der Waals surface area contributed by atoms with Crippen LogP contribution in [0, 0.1) is 0 Å². The van der Waals surface area contributed by atoms with Crippen LogP contribution in [0.3, 0.4) is 0 Å². The van der Waals surface area contributed by atoms with Gasteiger partial charge in [-0.25, -0.2) is 0 Å². The Hall–Kier alpha value is -0.730. The van der Waals surface area contributed by atoms with Crippen molar-refractivity contribution in [3.8, 4) is 5.75 Å². The van der Waals surface area contributed by atoms with E-state index in [0.717, 1.165) is 5.75 Å². The lowest BCUT2D eigenvalue weighted by Crippen LogP contribution is -2.11. The van der Waals surface area contributed by atoms with Gasteiger partial charge in [0.2, 0.25) is 0 Å². The first kappa shape index (κ1) is 11.3. The van der Waals surface area contributed by atoms with Gasteiger partial charge in [-0.1, -0.05) is 17.7 Å². The van der Waals surface area contributed by atoms with Gasteiger partial charge in [0.25, 0.3) is 0 Å². The van der Waals surface area contributed by atoms with Gasteiger partial charge < -0.3 is 9.47 Å². The first-order valence-electron chi connectivity index (χ1n) is 4.68. The highest BCUT2D eigenvalue weighted by Gasteiger charge is 1.96. The lowest BCUT2D eigenvalue weighted by Gasteiger charge is -2.09. The summed E-state index contributed by atoms with van der Waals surface area (Å²) in [6.45, 7) is 5.15. The summed E-state index contributed by atoms with van der Waals surface area (Å²) in [6, 6.07) is 7.35. The summed E-state index contributed by atoms with van der Waals surface area (Å²) in [5.74, 6) is 0.782. The van der Waals surface area contributed by atoms with E-state index in [1.807, 2.05) is 32.0 Å². The van der Waals surface area contributed by atoms with Gasteiger partial charge in [0.1, 0.15) is 12.4 Å². The molecule has 0 heterocycles. The Labute approximate surface area is 89.8 Å². The molecule has 14 heavy (non-hydrogen) atoms. The van der Waals surface area contributed by atoms with Gasteiger partial charge in [0, 0.05) is 5.02 Å². The molecule has 0 spiro atoms. The van der Waals surface area contributed by atoms with Gasteiger partial charge in [-0.2, -0.15) is 0 Å². The maximum atomic E-state index is 5.80. The monoisotopic (exact) mass is 214 g/mol. The second kappa shape index (κ2) is 5.89. The van der Waals surface area contributed by atoms with Crippen LogP contribution in [0.4, 0.5) is 0 Å². The Bertz CT molecular complexity index is 274. The fourth-order valence-electron chi connectivity index (χ4n) is 1.00. The van der Waals surface area contributed by atoms with E-state index in [-0.39, 0.29) is 6.10 Å². The number of benzene rings is 1. The summed E-state index contributed by atoms with van der Waals surface area (Å²) in [6.07, 6.45) is 0.248. The lowest BCUT2D eigenvalue weighted by molar-refractivity contribution is 0.0553. The molecule has 1 aromatic carbocycles. The summed E-state index contributed by atoms with van der Waals surface area (Å²) in [4.78, 5) is 0. The summed E-state index contributed by atoms with van der Waals surface area (Å²) in [5.41, 5.74) is 0. The molecule has 0 N–H and O–H groups in total. The molecule has 1 aromatic rings. The van der Waals surface area contributed by atoms with Gasteiger partial charge >= 0.3 is 0 Å². The molecule has 3 heteroatoms.